The third-order valence-electron chi connectivity index (χ3n) is 5.11. The molecule has 1 N–H and O–H groups in total. The van der Waals surface area contributed by atoms with Crippen LogP contribution in [0.2, 0.25) is 0 Å². The number of hydrogen-bond acceptors (Lipinski definition) is 4. The van der Waals surface area contributed by atoms with Gasteiger partial charge in [-0.15, -0.1) is 17.5 Å². The summed E-state index contributed by atoms with van der Waals surface area (Å²) in [6.07, 6.45) is 0.171. The second-order valence-electron chi connectivity index (χ2n) is 6.91. The van der Waals surface area contributed by atoms with Crippen LogP contribution in [0.1, 0.15) is 23.0 Å². The predicted octanol–water partition coefficient (Wildman–Crippen LogP) is 2.85. The first-order valence-electron chi connectivity index (χ1n) is 9.36. The minimum atomic E-state index is -0.294. The number of hydrogen-bond donors (Lipinski definition) is 1. The fourth-order valence-electron chi connectivity index (χ4n) is 3.60. The number of carbonyl (C=O) groups excluding carboxylic acids is 1. The average molecular weight is 416 g/mol. The van der Waals surface area contributed by atoms with Gasteiger partial charge in [-0.3, -0.25) is 4.79 Å². The Morgan fingerprint density at radius 1 is 1.21 bits per heavy atom. The van der Waals surface area contributed by atoms with E-state index >= 15 is 0 Å². The Hall–Kier alpha value is -2.77. The number of benzene rings is 2. The molecule has 3 aromatic rings. The van der Waals surface area contributed by atoms with Gasteiger partial charge in [0.05, 0.1) is 29.5 Å². The minimum absolute atomic E-state index is 0. The molecule has 152 valence electrons. The van der Waals surface area contributed by atoms with Gasteiger partial charge in [-0.2, -0.15) is 0 Å². The zero-order valence-corrected chi connectivity index (χ0v) is 16.9. The summed E-state index contributed by atoms with van der Waals surface area (Å²) in [5, 5.41) is 11.7. The van der Waals surface area contributed by atoms with Crippen molar-refractivity contribution in [3.8, 4) is 5.69 Å². The molecular formula is C21H23ClFN5O. The van der Waals surface area contributed by atoms with Crippen molar-refractivity contribution < 1.29 is 9.18 Å². The van der Waals surface area contributed by atoms with Gasteiger partial charge in [0.25, 0.3) is 0 Å². The first kappa shape index (κ1) is 21.0. The molecule has 1 aliphatic heterocycles. The quantitative estimate of drug-likeness (QED) is 0.711. The van der Waals surface area contributed by atoms with Gasteiger partial charge in [-0.25, -0.2) is 9.07 Å². The molecule has 0 bridgehead atoms. The van der Waals surface area contributed by atoms with Gasteiger partial charge >= 0.3 is 0 Å². The van der Waals surface area contributed by atoms with E-state index in [4.69, 9.17) is 0 Å². The standard InChI is InChI=1S/C21H22FN5O.ClH/c1-15-19(24-25-27(15)18-8-3-2-4-9-18)13-21(28)26-11-10-23-14-20(26)16-6-5-7-17(22)12-16;/h2-9,12,20,23H,10-11,13-14H2,1H3;1H. The van der Waals surface area contributed by atoms with Crippen molar-refractivity contribution in [1.82, 2.24) is 25.2 Å². The summed E-state index contributed by atoms with van der Waals surface area (Å²) in [4.78, 5) is 14.9. The first-order chi connectivity index (χ1) is 13.6. The molecule has 1 amide bonds. The van der Waals surface area contributed by atoms with Crippen LogP contribution >= 0.6 is 12.4 Å². The number of aromatic nitrogens is 3. The fraction of sp³-hybridized carbons (Fsp3) is 0.286. The molecular weight excluding hydrogens is 393 g/mol. The van der Waals surface area contributed by atoms with E-state index in [1.165, 1.54) is 12.1 Å². The van der Waals surface area contributed by atoms with Gasteiger partial charge in [0.15, 0.2) is 0 Å². The van der Waals surface area contributed by atoms with Gasteiger partial charge < -0.3 is 10.2 Å². The lowest BCUT2D eigenvalue weighted by atomic mass is 10.0. The van der Waals surface area contributed by atoms with E-state index in [1.54, 1.807) is 10.7 Å². The third kappa shape index (κ3) is 4.46. The number of nitrogens with one attached hydrogen (secondary N) is 1. The molecule has 0 radical (unpaired) electrons. The van der Waals surface area contributed by atoms with Crippen molar-refractivity contribution in [2.24, 2.45) is 0 Å². The van der Waals surface area contributed by atoms with E-state index in [2.05, 4.69) is 15.6 Å². The number of halogens is 2. The Morgan fingerprint density at radius 2 is 2.00 bits per heavy atom. The molecule has 6 nitrogen and oxygen atoms in total. The third-order valence-corrected chi connectivity index (χ3v) is 5.11. The van der Waals surface area contributed by atoms with Gasteiger partial charge in [0.2, 0.25) is 5.91 Å². The molecule has 1 saturated heterocycles. The van der Waals surface area contributed by atoms with Gasteiger partial charge in [0.1, 0.15) is 5.82 Å². The van der Waals surface area contributed by atoms with Crippen LogP contribution in [0, 0.1) is 12.7 Å². The lowest BCUT2D eigenvalue weighted by molar-refractivity contribution is -0.133. The van der Waals surface area contributed by atoms with Crippen molar-refractivity contribution in [1.29, 1.82) is 0 Å². The topological polar surface area (TPSA) is 63.1 Å². The summed E-state index contributed by atoms with van der Waals surface area (Å²) < 4.78 is 15.4. The van der Waals surface area contributed by atoms with Crippen molar-refractivity contribution in [3.05, 3.63) is 77.4 Å². The summed E-state index contributed by atoms with van der Waals surface area (Å²) in [6.45, 7) is 3.81. The molecule has 1 unspecified atom stereocenters. The fourth-order valence-corrected chi connectivity index (χ4v) is 3.60. The number of nitrogens with zero attached hydrogens (tertiary/aromatic N) is 4. The van der Waals surface area contributed by atoms with E-state index in [0.717, 1.165) is 16.9 Å². The van der Waals surface area contributed by atoms with Gasteiger partial charge in [0, 0.05) is 19.6 Å². The van der Waals surface area contributed by atoms with Crippen LogP contribution in [-0.2, 0) is 11.2 Å². The predicted molar refractivity (Wildman–Crippen MR) is 111 cm³/mol. The molecule has 1 aromatic heterocycles. The zero-order valence-electron chi connectivity index (χ0n) is 16.1. The highest BCUT2D eigenvalue weighted by Gasteiger charge is 2.29. The molecule has 8 heteroatoms. The summed E-state index contributed by atoms with van der Waals surface area (Å²) >= 11 is 0. The van der Waals surface area contributed by atoms with Crippen LogP contribution in [0.4, 0.5) is 4.39 Å². The molecule has 0 saturated carbocycles. The SMILES string of the molecule is Cc1c(CC(=O)N2CCNCC2c2cccc(F)c2)nnn1-c1ccccc1.Cl. The van der Waals surface area contributed by atoms with Crippen LogP contribution < -0.4 is 5.32 Å². The van der Waals surface area contributed by atoms with E-state index in [9.17, 15) is 9.18 Å². The van der Waals surface area contributed by atoms with E-state index in [1.807, 2.05) is 48.2 Å². The molecule has 1 atom stereocenters. The molecule has 1 fully saturated rings. The van der Waals surface area contributed by atoms with Crippen LogP contribution in [-0.4, -0.2) is 45.4 Å². The summed E-state index contributed by atoms with van der Waals surface area (Å²) in [5.74, 6) is -0.323. The Morgan fingerprint density at radius 3 is 2.76 bits per heavy atom. The normalized spacial score (nSPS) is 16.3. The summed E-state index contributed by atoms with van der Waals surface area (Å²) in [6, 6.07) is 16.0. The Labute approximate surface area is 175 Å². The highest BCUT2D eigenvalue weighted by Crippen LogP contribution is 2.24. The number of amides is 1. The smallest absolute Gasteiger partial charge is 0.229 e. The largest absolute Gasteiger partial charge is 0.333 e. The summed E-state index contributed by atoms with van der Waals surface area (Å²) in [7, 11) is 0. The van der Waals surface area contributed by atoms with Crippen molar-refractivity contribution in [3.63, 3.8) is 0 Å². The number of carbonyl (C=O) groups is 1. The van der Waals surface area contributed by atoms with E-state index < -0.39 is 0 Å². The minimum Gasteiger partial charge on any atom is -0.333 e. The number of piperazine rings is 1. The van der Waals surface area contributed by atoms with Crippen molar-refractivity contribution >= 4 is 18.3 Å². The lowest BCUT2D eigenvalue weighted by Gasteiger charge is -2.36. The van der Waals surface area contributed by atoms with E-state index in [0.29, 0.717) is 25.3 Å². The Kier molecular flexibility index (Phi) is 6.61. The molecule has 29 heavy (non-hydrogen) atoms. The highest BCUT2D eigenvalue weighted by molar-refractivity contribution is 5.85. The molecule has 4 rings (SSSR count). The number of para-hydroxylation sites is 1. The molecule has 2 aromatic carbocycles. The van der Waals surface area contributed by atoms with Crippen LogP contribution in [0.15, 0.2) is 54.6 Å². The van der Waals surface area contributed by atoms with Crippen LogP contribution in [0.5, 0.6) is 0 Å². The van der Waals surface area contributed by atoms with Crippen LogP contribution in [0.3, 0.4) is 0 Å². The highest BCUT2D eigenvalue weighted by atomic mass is 35.5. The van der Waals surface area contributed by atoms with Crippen molar-refractivity contribution in [2.45, 2.75) is 19.4 Å². The average Bonchev–Trinajstić information content (AvgIpc) is 3.09. The molecule has 1 aliphatic rings. The van der Waals surface area contributed by atoms with E-state index in [-0.39, 0.29) is 36.6 Å². The maximum atomic E-state index is 13.7. The second kappa shape index (κ2) is 9.15. The van der Waals surface area contributed by atoms with Crippen molar-refractivity contribution in [2.75, 3.05) is 19.6 Å². The second-order valence-corrected chi connectivity index (χ2v) is 6.91. The summed E-state index contributed by atoms with van der Waals surface area (Å²) in [5.41, 5.74) is 3.21. The zero-order chi connectivity index (χ0) is 19.5. The lowest BCUT2D eigenvalue weighted by Crippen LogP contribution is -2.49. The molecule has 0 spiro atoms. The van der Waals surface area contributed by atoms with Gasteiger partial charge in [-0.1, -0.05) is 35.5 Å². The first-order valence-corrected chi connectivity index (χ1v) is 9.36. The maximum absolute atomic E-state index is 13.7. The number of rotatable bonds is 4. The maximum Gasteiger partial charge on any atom is 0.229 e. The Bertz CT molecular complexity index is 978. The molecule has 2 heterocycles. The molecule has 0 aliphatic carbocycles. The van der Waals surface area contributed by atoms with Crippen LogP contribution in [0.25, 0.3) is 5.69 Å². The Balaban J connectivity index is 0.00000240. The van der Waals surface area contributed by atoms with Gasteiger partial charge in [-0.05, 0) is 36.8 Å². The monoisotopic (exact) mass is 415 g/mol.